The number of amides is 1. The number of Topliss-reactive ketones (excluding diaryl/α,β-unsaturated/α-hetero) is 1. The van der Waals surface area contributed by atoms with Crippen LogP contribution in [0, 0.1) is 17.8 Å². The third-order valence-corrected chi connectivity index (χ3v) is 6.36. The van der Waals surface area contributed by atoms with Crippen LogP contribution in [0.5, 0.6) is 0 Å². The highest BCUT2D eigenvalue weighted by atomic mass is 16.5. The van der Waals surface area contributed by atoms with Gasteiger partial charge in [0, 0.05) is 30.5 Å². The Hall–Kier alpha value is -2.17. The number of esters is 1. The SMILES string of the molecule is O=C(OCc1ccc(C(=O)N2CCCC2)cc1)C1CC2CCCC(C1)C2=O. The van der Waals surface area contributed by atoms with Crippen molar-refractivity contribution in [1.82, 2.24) is 4.90 Å². The van der Waals surface area contributed by atoms with Crippen molar-refractivity contribution < 1.29 is 19.1 Å². The lowest BCUT2D eigenvalue weighted by atomic mass is 9.67. The van der Waals surface area contributed by atoms with Gasteiger partial charge in [0.05, 0.1) is 5.92 Å². The number of carbonyl (C=O) groups is 3. The fraction of sp³-hybridized carbons (Fsp3) is 0.591. The second-order valence-electron chi connectivity index (χ2n) is 8.20. The van der Waals surface area contributed by atoms with Crippen LogP contribution in [0.3, 0.4) is 0 Å². The zero-order valence-corrected chi connectivity index (χ0v) is 15.7. The molecule has 2 atom stereocenters. The van der Waals surface area contributed by atoms with E-state index in [-0.39, 0.29) is 36.2 Å². The molecule has 5 nitrogen and oxygen atoms in total. The lowest BCUT2D eigenvalue weighted by Crippen LogP contribution is -2.39. The molecule has 3 fully saturated rings. The molecule has 2 saturated carbocycles. The standard InChI is InChI=1S/C22H27NO4/c24-20-17-4-3-5-18(20)13-19(12-17)22(26)27-14-15-6-8-16(9-7-15)21(25)23-10-1-2-11-23/h6-9,17-19H,1-5,10-14H2. The number of fused-ring (bicyclic) bond motifs is 2. The van der Waals surface area contributed by atoms with E-state index in [4.69, 9.17) is 4.74 Å². The Balaban J connectivity index is 1.30. The molecule has 1 aromatic rings. The van der Waals surface area contributed by atoms with E-state index < -0.39 is 0 Å². The maximum Gasteiger partial charge on any atom is 0.309 e. The summed E-state index contributed by atoms with van der Waals surface area (Å²) in [4.78, 5) is 38.9. The van der Waals surface area contributed by atoms with Crippen LogP contribution in [0.25, 0.3) is 0 Å². The molecule has 2 bridgehead atoms. The van der Waals surface area contributed by atoms with E-state index in [2.05, 4.69) is 0 Å². The molecule has 1 heterocycles. The number of benzene rings is 1. The van der Waals surface area contributed by atoms with Gasteiger partial charge in [0.25, 0.3) is 5.91 Å². The van der Waals surface area contributed by atoms with Gasteiger partial charge >= 0.3 is 5.97 Å². The first-order chi connectivity index (χ1) is 13.1. The van der Waals surface area contributed by atoms with E-state index in [1.165, 1.54) is 0 Å². The Morgan fingerprint density at radius 2 is 1.59 bits per heavy atom. The molecular formula is C22H27NO4. The minimum atomic E-state index is -0.184. The highest BCUT2D eigenvalue weighted by Crippen LogP contribution is 2.40. The minimum absolute atomic E-state index is 0.0610. The Morgan fingerprint density at radius 1 is 0.963 bits per heavy atom. The van der Waals surface area contributed by atoms with Gasteiger partial charge in [0.2, 0.25) is 0 Å². The molecule has 2 aliphatic carbocycles. The van der Waals surface area contributed by atoms with Gasteiger partial charge in [-0.05, 0) is 56.2 Å². The summed E-state index contributed by atoms with van der Waals surface area (Å²) in [5, 5.41) is 0. The van der Waals surface area contributed by atoms with Crippen molar-refractivity contribution in [3.8, 4) is 0 Å². The molecule has 4 rings (SSSR count). The van der Waals surface area contributed by atoms with Crippen LogP contribution in [-0.2, 0) is 20.9 Å². The normalized spacial score (nSPS) is 27.5. The van der Waals surface area contributed by atoms with Crippen LogP contribution in [-0.4, -0.2) is 35.6 Å². The Labute approximate surface area is 160 Å². The summed E-state index contributed by atoms with van der Waals surface area (Å²) in [6, 6.07) is 7.34. The molecule has 27 heavy (non-hydrogen) atoms. The fourth-order valence-electron chi connectivity index (χ4n) is 4.79. The number of likely N-dealkylation sites (tertiary alicyclic amines) is 1. The highest BCUT2D eigenvalue weighted by molar-refractivity contribution is 5.94. The van der Waals surface area contributed by atoms with Gasteiger partial charge < -0.3 is 9.64 Å². The van der Waals surface area contributed by atoms with Crippen LogP contribution in [0.2, 0.25) is 0 Å². The van der Waals surface area contributed by atoms with E-state index in [1.54, 1.807) is 0 Å². The van der Waals surface area contributed by atoms with E-state index in [0.717, 1.165) is 50.8 Å². The molecule has 3 aliphatic rings. The number of rotatable bonds is 4. The number of ether oxygens (including phenoxy) is 1. The molecule has 1 aliphatic heterocycles. The lowest BCUT2D eigenvalue weighted by molar-refractivity contribution is -0.154. The van der Waals surface area contributed by atoms with Crippen molar-refractivity contribution in [2.24, 2.45) is 17.8 Å². The van der Waals surface area contributed by atoms with E-state index in [9.17, 15) is 14.4 Å². The number of nitrogens with zero attached hydrogens (tertiary/aromatic N) is 1. The summed E-state index contributed by atoms with van der Waals surface area (Å²) in [7, 11) is 0. The number of ketones is 1. The first kappa shape index (κ1) is 18.2. The average Bonchev–Trinajstić information content (AvgIpc) is 3.20. The molecule has 0 radical (unpaired) electrons. The minimum Gasteiger partial charge on any atom is -0.461 e. The van der Waals surface area contributed by atoms with Crippen LogP contribution in [0.4, 0.5) is 0 Å². The summed E-state index contributed by atoms with van der Waals surface area (Å²) in [6.45, 7) is 1.89. The topological polar surface area (TPSA) is 63.7 Å². The summed E-state index contributed by atoms with van der Waals surface area (Å²) in [6.07, 6.45) is 6.40. The molecule has 2 unspecified atom stereocenters. The average molecular weight is 369 g/mol. The van der Waals surface area contributed by atoms with Gasteiger partial charge in [-0.3, -0.25) is 14.4 Å². The summed E-state index contributed by atoms with van der Waals surface area (Å²) >= 11 is 0. The molecule has 0 spiro atoms. The predicted octanol–water partition coefficient (Wildman–Crippen LogP) is 3.36. The van der Waals surface area contributed by atoms with Gasteiger partial charge in [-0.15, -0.1) is 0 Å². The Kier molecular flexibility index (Phi) is 5.28. The third kappa shape index (κ3) is 3.92. The van der Waals surface area contributed by atoms with Gasteiger partial charge in [-0.2, -0.15) is 0 Å². The van der Waals surface area contributed by atoms with Gasteiger partial charge in [0.1, 0.15) is 12.4 Å². The van der Waals surface area contributed by atoms with E-state index >= 15 is 0 Å². The summed E-state index contributed by atoms with van der Waals surface area (Å²) in [5.74, 6) is 0.237. The summed E-state index contributed by atoms with van der Waals surface area (Å²) in [5.41, 5.74) is 1.57. The lowest BCUT2D eigenvalue weighted by Gasteiger charge is -2.36. The number of carbonyl (C=O) groups excluding carboxylic acids is 3. The van der Waals surface area contributed by atoms with Crippen molar-refractivity contribution in [2.45, 2.75) is 51.6 Å². The van der Waals surface area contributed by atoms with Crippen molar-refractivity contribution in [3.63, 3.8) is 0 Å². The molecule has 0 N–H and O–H groups in total. The number of hydrogen-bond donors (Lipinski definition) is 0. The van der Waals surface area contributed by atoms with Crippen LogP contribution in [0.15, 0.2) is 24.3 Å². The van der Waals surface area contributed by atoms with Crippen molar-refractivity contribution in [3.05, 3.63) is 35.4 Å². The largest absolute Gasteiger partial charge is 0.461 e. The zero-order valence-electron chi connectivity index (χ0n) is 15.7. The predicted molar refractivity (Wildman–Crippen MR) is 99.9 cm³/mol. The second kappa shape index (κ2) is 7.83. The quantitative estimate of drug-likeness (QED) is 0.764. The molecule has 0 aromatic heterocycles. The first-order valence-electron chi connectivity index (χ1n) is 10.2. The molecule has 144 valence electrons. The van der Waals surface area contributed by atoms with E-state index in [0.29, 0.717) is 24.2 Å². The van der Waals surface area contributed by atoms with Crippen molar-refractivity contribution in [2.75, 3.05) is 13.1 Å². The Bertz CT molecular complexity index is 704. The maximum absolute atomic E-state index is 12.5. The first-order valence-corrected chi connectivity index (χ1v) is 10.2. The van der Waals surface area contributed by atoms with Crippen molar-refractivity contribution >= 4 is 17.7 Å². The Morgan fingerprint density at radius 3 is 2.22 bits per heavy atom. The molecule has 1 amide bonds. The van der Waals surface area contributed by atoms with E-state index in [1.807, 2.05) is 29.2 Å². The molecule has 1 aromatic carbocycles. The molecule has 5 heteroatoms. The molecule has 1 saturated heterocycles. The molecular weight excluding hydrogens is 342 g/mol. The monoisotopic (exact) mass is 369 g/mol. The maximum atomic E-state index is 12.5. The van der Waals surface area contributed by atoms with Crippen LogP contribution < -0.4 is 0 Å². The highest BCUT2D eigenvalue weighted by Gasteiger charge is 2.41. The van der Waals surface area contributed by atoms with Crippen molar-refractivity contribution in [1.29, 1.82) is 0 Å². The zero-order chi connectivity index (χ0) is 18.8. The van der Waals surface area contributed by atoms with Crippen LogP contribution >= 0.6 is 0 Å². The van der Waals surface area contributed by atoms with Gasteiger partial charge in [0.15, 0.2) is 0 Å². The third-order valence-electron chi connectivity index (χ3n) is 6.36. The second-order valence-corrected chi connectivity index (χ2v) is 8.20. The van der Waals surface area contributed by atoms with Gasteiger partial charge in [-0.25, -0.2) is 0 Å². The fourth-order valence-corrected chi connectivity index (χ4v) is 4.79. The van der Waals surface area contributed by atoms with Gasteiger partial charge in [-0.1, -0.05) is 18.6 Å². The smallest absolute Gasteiger partial charge is 0.309 e. The summed E-state index contributed by atoms with van der Waals surface area (Å²) < 4.78 is 5.52. The number of hydrogen-bond acceptors (Lipinski definition) is 4. The van der Waals surface area contributed by atoms with Crippen LogP contribution in [0.1, 0.15) is 60.9 Å².